The van der Waals surface area contributed by atoms with Crippen LogP contribution in [-0.4, -0.2) is 55.8 Å². The molecular weight excluding hydrogens is 387 g/mol. The number of aryl methyl sites for hydroxylation is 1. The number of nitrogens with zero attached hydrogens (tertiary/aromatic N) is 7. The summed E-state index contributed by atoms with van der Waals surface area (Å²) in [4.78, 5) is 29.6. The van der Waals surface area contributed by atoms with Crippen molar-refractivity contribution in [1.29, 1.82) is 0 Å². The number of anilines is 4. The maximum absolute atomic E-state index is 14.2. The molecule has 1 amide bonds. The first-order valence-corrected chi connectivity index (χ1v) is 10.1. The lowest BCUT2D eigenvalue weighted by Gasteiger charge is -2.50. The Morgan fingerprint density at radius 1 is 1.27 bits per heavy atom. The number of hydrogen-bond acceptors (Lipinski definition) is 7. The van der Waals surface area contributed by atoms with Crippen molar-refractivity contribution in [3.05, 3.63) is 30.4 Å². The lowest BCUT2D eigenvalue weighted by molar-refractivity contribution is -0.117. The van der Waals surface area contributed by atoms with E-state index in [1.165, 1.54) is 6.33 Å². The van der Waals surface area contributed by atoms with Crippen LogP contribution < -0.4 is 15.1 Å². The molecule has 3 aromatic rings. The zero-order valence-electron chi connectivity index (χ0n) is 16.7. The number of pyridine rings is 1. The molecule has 9 nitrogen and oxygen atoms in total. The molecule has 1 atom stereocenters. The molecule has 4 heterocycles. The molecule has 10 heteroatoms. The molecule has 0 saturated heterocycles. The van der Waals surface area contributed by atoms with Crippen LogP contribution >= 0.6 is 0 Å². The van der Waals surface area contributed by atoms with Gasteiger partial charge in [0.25, 0.3) is 0 Å². The van der Waals surface area contributed by atoms with Crippen LogP contribution in [0.25, 0.3) is 5.65 Å². The zero-order valence-corrected chi connectivity index (χ0v) is 16.7. The number of fused-ring (bicyclic) bond motifs is 3. The average molecular weight is 408 g/mol. The number of likely N-dealkylation sites (N-methyl/N-ethyl adjacent to an activating group) is 1. The first kappa shape index (κ1) is 17.5. The molecule has 7 rings (SSSR count). The van der Waals surface area contributed by atoms with E-state index in [4.69, 9.17) is 4.98 Å². The summed E-state index contributed by atoms with van der Waals surface area (Å²) in [5, 5.41) is 7.43. The van der Waals surface area contributed by atoms with E-state index in [1.807, 2.05) is 24.1 Å². The van der Waals surface area contributed by atoms with Crippen LogP contribution in [0.15, 0.2) is 24.8 Å². The lowest BCUT2D eigenvalue weighted by Crippen LogP contribution is -2.58. The third-order valence-corrected chi connectivity index (χ3v) is 6.85. The van der Waals surface area contributed by atoms with Crippen LogP contribution in [0.4, 0.5) is 27.5 Å². The number of alkyl halides is 1. The van der Waals surface area contributed by atoms with E-state index in [0.717, 1.165) is 29.7 Å². The van der Waals surface area contributed by atoms with Crippen molar-refractivity contribution in [3.8, 4) is 0 Å². The molecular formula is C20H21FN8O. The Balaban J connectivity index is 1.39. The molecule has 2 bridgehead atoms. The fourth-order valence-corrected chi connectivity index (χ4v) is 5.11. The van der Waals surface area contributed by atoms with Gasteiger partial charge in [-0.3, -0.25) is 4.79 Å². The van der Waals surface area contributed by atoms with Gasteiger partial charge in [0.2, 0.25) is 11.9 Å². The van der Waals surface area contributed by atoms with Gasteiger partial charge in [0.1, 0.15) is 18.2 Å². The number of rotatable bonds is 3. The van der Waals surface area contributed by atoms with Crippen molar-refractivity contribution >= 4 is 34.7 Å². The van der Waals surface area contributed by atoms with Gasteiger partial charge in [0.05, 0.1) is 24.6 Å². The SMILES string of the molecule is Cc1cc2ncnn2cc1Nc1ncc2c(n1)N(C13CC(C1)[C@H](F)C3)CC(=O)N2C. The number of hydrogen-bond donors (Lipinski definition) is 1. The smallest absolute Gasteiger partial charge is 0.246 e. The summed E-state index contributed by atoms with van der Waals surface area (Å²) < 4.78 is 15.9. The van der Waals surface area contributed by atoms with E-state index in [1.54, 1.807) is 22.7 Å². The highest BCUT2D eigenvalue weighted by molar-refractivity contribution is 6.02. The predicted molar refractivity (Wildman–Crippen MR) is 109 cm³/mol. The summed E-state index contributed by atoms with van der Waals surface area (Å²) in [6.07, 6.45) is 6.23. The molecule has 0 spiro atoms. The minimum Gasteiger partial charge on any atom is -0.340 e. The predicted octanol–water partition coefficient (Wildman–Crippen LogP) is 2.24. The second-order valence-electron chi connectivity index (χ2n) is 8.61. The number of carbonyl (C=O) groups is 1. The van der Waals surface area contributed by atoms with Crippen molar-refractivity contribution in [2.75, 3.05) is 28.7 Å². The second-order valence-corrected chi connectivity index (χ2v) is 8.61. The van der Waals surface area contributed by atoms with Gasteiger partial charge in [-0.25, -0.2) is 18.9 Å². The molecule has 3 saturated carbocycles. The molecule has 0 aromatic carbocycles. The van der Waals surface area contributed by atoms with E-state index in [-0.39, 0.29) is 23.9 Å². The largest absolute Gasteiger partial charge is 0.340 e. The Hall–Kier alpha value is -3.30. The van der Waals surface area contributed by atoms with Crippen LogP contribution in [0, 0.1) is 12.8 Å². The molecule has 0 unspecified atom stereocenters. The number of amides is 1. The number of aromatic nitrogens is 5. The summed E-state index contributed by atoms with van der Waals surface area (Å²) in [5.41, 5.74) is 2.90. The van der Waals surface area contributed by atoms with Gasteiger partial charge in [0, 0.05) is 19.0 Å². The van der Waals surface area contributed by atoms with Crippen LogP contribution in [0.2, 0.25) is 0 Å². The fourth-order valence-electron chi connectivity index (χ4n) is 5.11. The van der Waals surface area contributed by atoms with Crippen molar-refractivity contribution < 1.29 is 9.18 Å². The first-order valence-electron chi connectivity index (χ1n) is 10.1. The Morgan fingerprint density at radius 2 is 2.10 bits per heavy atom. The minimum absolute atomic E-state index is 0.0283. The van der Waals surface area contributed by atoms with Crippen molar-refractivity contribution in [2.45, 2.75) is 37.9 Å². The molecule has 3 fully saturated rings. The summed E-state index contributed by atoms with van der Waals surface area (Å²) in [7, 11) is 1.73. The van der Waals surface area contributed by atoms with Crippen LogP contribution in [-0.2, 0) is 4.79 Å². The summed E-state index contributed by atoms with van der Waals surface area (Å²) in [6, 6.07) is 1.93. The van der Waals surface area contributed by atoms with Gasteiger partial charge in [-0.15, -0.1) is 0 Å². The van der Waals surface area contributed by atoms with E-state index in [0.29, 0.717) is 23.9 Å². The second kappa shape index (κ2) is 5.87. The Labute approximate surface area is 171 Å². The van der Waals surface area contributed by atoms with E-state index in [2.05, 4.69) is 20.4 Å². The van der Waals surface area contributed by atoms with Crippen LogP contribution in [0.1, 0.15) is 24.8 Å². The Morgan fingerprint density at radius 3 is 2.87 bits per heavy atom. The highest BCUT2D eigenvalue weighted by Crippen LogP contribution is 2.58. The van der Waals surface area contributed by atoms with Gasteiger partial charge >= 0.3 is 0 Å². The maximum Gasteiger partial charge on any atom is 0.246 e. The summed E-state index contributed by atoms with van der Waals surface area (Å²) in [5.74, 6) is 1.19. The van der Waals surface area contributed by atoms with Crippen LogP contribution in [0.3, 0.4) is 0 Å². The van der Waals surface area contributed by atoms with Gasteiger partial charge in [0.15, 0.2) is 11.5 Å². The molecule has 1 aliphatic heterocycles. The highest BCUT2D eigenvalue weighted by Gasteiger charge is 2.61. The fraction of sp³-hybridized carbons (Fsp3) is 0.450. The lowest BCUT2D eigenvalue weighted by atomic mass is 9.75. The molecule has 3 aliphatic carbocycles. The van der Waals surface area contributed by atoms with Gasteiger partial charge in [-0.05, 0) is 37.3 Å². The van der Waals surface area contributed by atoms with Crippen molar-refractivity contribution in [3.63, 3.8) is 0 Å². The topological polar surface area (TPSA) is 91.5 Å². The van der Waals surface area contributed by atoms with Gasteiger partial charge in [-0.1, -0.05) is 0 Å². The minimum atomic E-state index is -0.792. The maximum atomic E-state index is 14.2. The molecule has 1 N–H and O–H groups in total. The van der Waals surface area contributed by atoms with Crippen molar-refractivity contribution in [1.82, 2.24) is 24.6 Å². The van der Waals surface area contributed by atoms with Crippen molar-refractivity contribution in [2.24, 2.45) is 5.92 Å². The number of halogens is 1. The molecule has 154 valence electrons. The van der Waals surface area contributed by atoms with E-state index >= 15 is 0 Å². The average Bonchev–Trinajstić information content (AvgIpc) is 3.36. The molecule has 0 radical (unpaired) electrons. The monoisotopic (exact) mass is 408 g/mol. The number of carbonyl (C=O) groups excluding carboxylic acids is 1. The van der Waals surface area contributed by atoms with Gasteiger partial charge in [-0.2, -0.15) is 10.1 Å². The highest BCUT2D eigenvalue weighted by atomic mass is 19.1. The third kappa shape index (κ3) is 2.36. The normalized spacial score (nSPS) is 27.4. The summed E-state index contributed by atoms with van der Waals surface area (Å²) >= 11 is 0. The third-order valence-electron chi connectivity index (χ3n) is 6.85. The molecule has 30 heavy (non-hydrogen) atoms. The number of nitrogens with one attached hydrogen (secondary N) is 1. The van der Waals surface area contributed by atoms with Crippen LogP contribution in [0.5, 0.6) is 0 Å². The molecule has 4 aliphatic rings. The Bertz CT molecular complexity index is 1190. The van der Waals surface area contributed by atoms with E-state index < -0.39 is 6.17 Å². The quantitative estimate of drug-likeness (QED) is 0.711. The summed E-state index contributed by atoms with van der Waals surface area (Å²) in [6.45, 7) is 2.19. The van der Waals surface area contributed by atoms with Gasteiger partial charge < -0.3 is 15.1 Å². The Kier molecular flexibility index (Phi) is 3.43. The van der Waals surface area contributed by atoms with E-state index in [9.17, 15) is 9.18 Å². The zero-order chi connectivity index (χ0) is 20.6. The first-order chi connectivity index (χ1) is 14.4. The standard InChI is InChI=1S/C20H21FN8O/c1-11-3-16-23-10-24-29(16)8-14(11)25-19-22-7-15-18(26-19)28(9-17(30)27(15)2)20-4-12(5-20)13(21)6-20/h3,7-8,10,12-13H,4-6,9H2,1-2H3,(H,22,25,26)/t12?,13-,20?/m1/s1. The molecule has 3 aromatic heterocycles.